The second kappa shape index (κ2) is 6.24. The SMILES string of the molecule is Cc1ccc(CCl)cc1Oc1cc(Br)cc([N+](=O)[O-])c1. The van der Waals surface area contributed by atoms with E-state index in [-0.39, 0.29) is 5.69 Å². The quantitative estimate of drug-likeness (QED) is 0.430. The van der Waals surface area contributed by atoms with E-state index in [2.05, 4.69) is 15.9 Å². The topological polar surface area (TPSA) is 52.4 Å². The molecule has 0 aliphatic rings. The summed E-state index contributed by atoms with van der Waals surface area (Å²) >= 11 is 9.03. The predicted molar refractivity (Wildman–Crippen MR) is 81.6 cm³/mol. The fourth-order valence-corrected chi connectivity index (χ4v) is 2.30. The molecule has 0 fully saturated rings. The largest absolute Gasteiger partial charge is 0.457 e. The highest BCUT2D eigenvalue weighted by molar-refractivity contribution is 9.10. The molecule has 0 aromatic heterocycles. The molecule has 6 heteroatoms. The molecule has 0 saturated carbocycles. The summed E-state index contributed by atoms with van der Waals surface area (Å²) < 4.78 is 6.32. The van der Waals surface area contributed by atoms with Gasteiger partial charge in [-0.05, 0) is 30.2 Å². The Morgan fingerprint density at radius 3 is 2.70 bits per heavy atom. The number of nitro benzene ring substituents is 1. The lowest BCUT2D eigenvalue weighted by Crippen LogP contribution is -1.92. The lowest BCUT2D eigenvalue weighted by Gasteiger charge is -2.10. The highest BCUT2D eigenvalue weighted by atomic mass is 79.9. The van der Waals surface area contributed by atoms with Crippen LogP contribution in [0.3, 0.4) is 0 Å². The molecule has 0 N–H and O–H groups in total. The Morgan fingerprint density at radius 1 is 1.30 bits per heavy atom. The van der Waals surface area contributed by atoms with Crippen molar-refractivity contribution < 1.29 is 9.66 Å². The summed E-state index contributed by atoms with van der Waals surface area (Å²) in [7, 11) is 0. The van der Waals surface area contributed by atoms with Crippen LogP contribution in [0, 0.1) is 17.0 Å². The van der Waals surface area contributed by atoms with Gasteiger partial charge in [-0.2, -0.15) is 0 Å². The number of non-ortho nitro benzene ring substituents is 1. The third kappa shape index (κ3) is 3.49. The number of hydrogen-bond donors (Lipinski definition) is 0. The van der Waals surface area contributed by atoms with Gasteiger partial charge >= 0.3 is 0 Å². The van der Waals surface area contributed by atoms with Crippen molar-refractivity contribution in [2.75, 3.05) is 0 Å². The van der Waals surface area contributed by atoms with Crippen molar-refractivity contribution in [1.29, 1.82) is 0 Å². The summed E-state index contributed by atoms with van der Waals surface area (Å²) in [5.74, 6) is 1.42. The van der Waals surface area contributed by atoms with Gasteiger partial charge in [0.15, 0.2) is 0 Å². The van der Waals surface area contributed by atoms with Crippen molar-refractivity contribution >= 4 is 33.2 Å². The van der Waals surface area contributed by atoms with Crippen LogP contribution >= 0.6 is 27.5 Å². The van der Waals surface area contributed by atoms with Crippen LogP contribution in [0.2, 0.25) is 0 Å². The summed E-state index contributed by atoms with van der Waals surface area (Å²) in [6.07, 6.45) is 0. The standard InChI is InChI=1S/C14H11BrClNO3/c1-9-2-3-10(8-16)4-14(9)20-13-6-11(15)5-12(7-13)17(18)19/h2-7H,8H2,1H3. The van der Waals surface area contributed by atoms with Gasteiger partial charge in [-0.15, -0.1) is 11.6 Å². The molecule has 0 amide bonds. The summed E-state index contributed by atoms with van der Waals surface area (Å²) in [6.45, 7) is 1.90. The molecular formula is C14H11BrClNO3. The Hall–Kier alpha value is -1.59. The zero-order valence-electron chi connectivity index (χ0n) is 10.6. The number of nitro groups is 1. The van der Waals surface area contributed by atoms with Crippen LogP contribution in [0.15, 0.2) is 40.9 Å². The molecule has 0 unspecified atom stereocenters. The van der Waals surface area contributed by atoms with Crippen LogP contribution in [0.1, 0.15) is 11.1 Å². The first-order valence-electron chi connectivity index (χ1n) is 5.78. The number of alkyl halides is 1. The number of aryl methyl sites for hydroxylation is 1. The van der Waals surface area contributed by atoms with Gasteiger partial charge in [0.2, 0.25) is 0 Å². The molecular weight excluding hydrogens is 346 g/mol. The van der Waals surface area contributed by atoms with Crippen molar-refractivity contribution in [1.82, 2.24) is 0 Å². The third-order valence-corrected chi connectivity index (χ3v) is 3.47. The van der Waals surface area contributed by atoms with E-state index in [1.54, 1.807) is 6.07 Å². The third-order valence-electron chi connectivity index (χ3n) is 2.70. The maximum atomic E-state index is 10.8. The molecule has 0 radical (unpaired) electrons. The molecule has 0 aliphatic heterocycles. The zero-order valence-corrected chi connectivity index (χ0v) is 12.9. The monoisotopic (exact) mass is 355 g/mol. The van der Waals surface area contributed by atoms with Crippen molar-refractivity contribution in [3.63, 3.8) is 0 Å². The fourth-order valence-electron chi connectivity index (χ4n) is 1.68. The smallest absolute Gasteiger partial charge is 0.274 e. The molecule has 2 rings (SSSR count). The molecule has 0 atom stereocenters. The van der Waals surface area contributed by atoms with E-state index in [0.717, 1.165) is 11.1 Å². The number of nitrogens with zero attached hydrogens (tertiary/aromatic N) is 1. The molecule has 2 aromatic rings. The average molecular weight is 357 g/mol. The van der Waals surface area contributed by atoms with E-state index < -0.39 is 4.92 Å². The molecule has 0 aliphatic carbocycles. The molecule has 104 valence electrons. The Balaban J connectivity index is 2.36. The van der Waals surface area contributed by atoms with E-state index in [1.807, 2.05) is 25.1 Å². The first-order chi connectivity index (χ1) is 9.49. The first-order valence-corrected chi connectivity index (χ1v) is 7.10. The minimum absolute atomic E-state index is 0.0273. The summed E-state index contributed by atoms with van der Waals surface area (Å²) in [4.78, 5) is 10.4. The van der Waals surface area contributed by atoms with Gasteiger partial charge in [-0.25, -0.2) is 0 Å². The first kappa shape index (κ1) is 14.8. The molecule has 4 nitrogen and oxygen atoms in total. The van der Waals surface area contributed by atoms with Crippen molar-refractivity contribution in [2.45, 2.75) is 12.8 Å². The van der Waals surface area contributed by atoms with Crippen molar-refractivity contribution in [3.8, 4) is 11.5 Å². The van der Waals surface area contributed by atoms with Gasteiger partial charge in [0.25, 0.3) is 5.69 Å². The predicted octanol–water partition coefficient (Wildman–Crippen LogP) is 5.20. The number of halogens is 2. The Labute approximate surface area is 129 Å². The number of benzene rings is 2. The molecule has 0 spiro atoms. The maximum absolute atomic E-state index is 10.8. The van der Waals surface area contributed by atoms with Gasteiger partial charge in [0, 0.05) is 16.4 Å². The Bertz CT molecular complexity index is 661. The van der Waals surface area contributed by atoms with Gasteiger partial charge in [-0.3, -0.25) is 10.1 Å². The lowest BCUT2D eigenvalue weighted by molar-refractivity contribution is -0.385. The molecule has 20 heavy (non-hydrogen) atoms. The molecule has 0 saturated heterocycles. The van der Waals surface area contributed by atoms with E-state index in [9.17, 15) is 10.1 Å². The Kier molecular flexibility index (Phi) is 4.62. The van der Waals surface area contributed by atoms with Crippen LogP contribution in [0.25, 0.3) is 0 Å². The number of rotatable bonds is 4. The zero-order chi connectivity index (χ0) is 14.7. The number of hydrogen-bond acceptors (Lipinski definition) is 3. The minimum Gasteiger partial charge on any atom is -0.457 e. The second-order valence-corrected chi connectivity index (χ2v) is 5.42. The lowest BCUT2D eigenvalue weighted by atomic mass is 10.1. The summed E-state index contributed by atoms with van der Waals surface area (Å²) in [6, 6.07) is 10.1. The average Bonchev–Trinajstić information content (AvgIpc) is 2.40. The van der Waals surface area contributed by atoms with Crippen molar-refractivity contribution in [3.05, 3.63) is 62.1 Å². The van der Waals surface area contributed by atoms with E-state index in [0.29, 0.717) is 21.9 Å². The molecule has 0 bridgehead atoms. The van der Waals surface area contributed by atoms with Crippen LogP contribution in [0.4, 0.5) is 5.69 Å². The van der Waals surface area contributed by atoms with Gasteiger partial charge in [-0.1, -0.05) is 28.1 Å². The van der Waals surface area contributed by atoms with Crippen LogP contribution in [-0.2, 0) is 5.88 Å². The molecule has 0 heterocycles. The van der Waals surface area contributed by atoms with Gasteiger partial charge < -0.3 is 4.74 Å². The highest BCUT2D eigenvalue weighted by Crippen LogP contribution is 2.31. The Morgan fingerprint density at radius 2 is 2.05 bits per heavy atom. The van der Waals surface area contributed by atoms with E-state index >= 15 is 0 Å². The normalized spacial score (nSPS) is 10.3. The molecule has 2 aromatic carbocycles. The minimum atomic E-state index is -0.459. The highest BCUT2D eigenvalue weighted by Gasteiger charge is 2.11. The van der Waals surface area contributed by atoms with Crippen LogP contribution in [-0.4, -0.2) is 4.92 Å². The second-order valence-electron chi connectivity index (χ2n) is 4.24. The van der Waals surface area contributed by atoms with Gasteiger partial charge in [0.1, 0.15) is 11.5 Å². The van der Waals surface area contributed by atoms with E-state index in [4.69, 9.17) is 16.3 Å². The van der Waals surface area contributed by atoms with Crippen LogP contribution < -0.4 is 4.74 Å². The maximum Gasteiger partial charge on any atom is 0.274 e. The van der Waals surface area contributed by atoms with Crippen LogP contribution in [0.5, 0.6) is 11.5 Å². The fraction of sp³-hybridized carbons (Fsp3) is 0.143. The summed E-state index contributed by atoms with van der Waals surface area (Å²) in [5.41, 5.74) is 1.83. The van der Waals surface area contributed by atoms with E-state index in [1.165, 1.54) is 12.1 Å². The van der Waals surface area contributed by atoms with Gasteiger partial charge in [0.05, 0.1) is 11.0 Å². The summed E-state index contributed by atoms with van der Waals surface area (Å²) in [5, 5.41) is 10.8. The van der Waals surface area contributed by atoms with Crippen molar-refractivity contribution in [2.24, 2.45) is 0 Å². The number of ether oxygens (including phenoxy) is 1.